The lowest BCUT2D eigenvalue weighted by Gasteiger charge is -2.24. The topological polar surface area (TPSA) is 0 Å². The molecule has 6 rings (SSSR count). The van der Waals surface area contributed by atoms with Gasteiger partial charge in [-0.25, -0.2) is 0 Å². The van der Waals surface area contributed by atoms with Crippen molar-refractivity contribution in [3.63, 3.8) is 0 Å². The van der Waals surface area contributed by atoms with Crippen LogP contribution in [0.1, 0.15) is 62.4 Å². The number of benzene rings is 4. The normalized spacial score (nSPS) is 16.3. The molecule has 0 spiro atoms. The first kappa shape index (κ1) is 19.6. The summed E-state index contributed by atoms with van der Waals surface area (Å²) in [6.07, 6.45) is 1.03. The van der Waals surface area contributed by atoms with Crippen molar-refractivity contribution in [2.24, 2.45) is 0 Å². The molecule has 0 nitrogen and oxygen atoms in total. The van der Waals surface area contributed by atoms with E-state index in [1.54, 1.807) is 0 Å². The molecule has 0 aliphatic heterocycles. The van der Waals surface area contributed by atoms with Crippen molar-refractivity contribution in [2.45, 2.75) is 51.9 Å². The minimum Gasteiger partial charge on any atom is -0.0619 e. The molecule has 0 saturated heterocycles. The summed E-state index contributed by atoms with van der Waals surface area (Å²) in [5.74, 6) is 0. The SMILES string of the molecule is CCc1cc2c(cc1-c1ccc3c(c1)C(C)(C)c1ccccc1-3)C(C)(C)c1ccccc1-2. The van der Waals surface area contributed by atoms with Gasteiger partial charge >= 0.3 is 0 Å². The second kappa shape index (κ2) is 6.45. The molecule has 0 heterocycles. The maximum Gasteiger partial charge on any atom is 0.0159 e. The molecule has 0 heteroatoms. The van der Waals surface area contributed by atoms with E-state index in [0.29, 0.717) is 0 Å². The maximum atomic E-state index is 2.49. The van der Waals surface area contributed by atoms with Gasteiger partial charge < -0.3 is 0 Å². The highest BCUT2D eigenvalue weighted by Gasteiger charge is 2.37. The van der Waals surface area contributed by atoms with Crippen molar-refractivity contribution in [3.05, 3.63) is 107 Å². The van der Waals surface area contributed by atoms with E-state index in [9.17, 15) is 0 Å². The number of aryl methyl sites for hydroxylation is 1. The fraction of sp³-hybridized carbons (Fsp3) is 0.250. The van der Waals surface area contributed by atoms with E-state index >= 15 is 0 Å². The first-order valence-electron chi connectivity index (χ1n) is 11.9. The zero-order valence-corrected chi connectivity index (χ0v) is 19.7. The monoisotopic (exact) mass is 414 g/mol. The molecule has 0 N–H and O–H groups in total. The van der Waals surface area contributed by atoms with Crippen LogP contribution in [0, 0.1) is 0 Å². The van der Waals surface area contributed by atoms with Crippen LogP contribution in [0.4, 0.5) is 0 Å². The fourth-order valence-corrected chi connectivity index (χ4v) is 6.23. The molecule has 0 atom stereocenters. The van der Waals surface area contributed by atoms with Gasteiger partial charge in [-0.15, -0.1) is 0 Å². The molecule has 0 unspecified atom stereocenters. The first-order valence-corrected chi connectivity index (χ1v) is 11.9. The smallest absolute Gasteiger partial charge is 0.0159 e. The Morgan fingerprint density at radius 3 is 1.66 bits per heavy atom. The van der Waals surface area contributed by atoms with Gasteiger partial charge in [-0.2, -0.15) is 0 Å². The molecule has 4 aromatic carbocycles. The van der Waals surface area contributed by atoms with Gasteiger partial charge in [-0.1, -0.05) is 101 Å². The van der Waals surface area contributed by atoms with E-state index < -0.39 is 0 Å². The third kappa shape index (κ3) is 2.44. The van der Waals surface area contributed by atoms with Gasteiger partial charge in [0.2, 0.25) is 0 Å². The molecule has 2 aliphatic rings. The van der Waals surface area contributed by atoms with Gasteiger partial charge in [0.1, 0.15) is 0 Å². The van der Waals surface area contributed by atoms with E-state index in [0.717, 1.165) is 6.42 Å². The third-order valence-corrected chi connectivity index (χ3v) is 8.08. The first-order chi connectivity index (χ1) is 15.3. The van der Waals surface area contributed by atoms with E-state index in [1.807, 2.05) is 0 Å². The van der Waals surface area contributed by atoms with Crippen molar-refractivity contribution < 1.29 is 0 Å². The molecule has 4 aromatic rings. The number of hydrogen-bond donors (Lipinski definition) is 0. The minimum absolute atomic E-state index is 0.0270. The standard InChI is InChI=1S/C32H30/c1-6-20-17-26-23-12-8-10-14-28(23)32(4,5)30(26)19-25(20)21-15-16-24-22-11-7-9-13-27(22)31(2,3)29(24)18-21/h7-19H,6H2,1-5H3. The molecule has 158 valence electrons. The summed E-state index contributed by atoms with van der Waals surface area (Å²) in [6, 6.07) is 29.9. The number of rotatable bonds is 2. The molecular weight excluding hydrogens is 384 g/mol. The van der Waals surface area contributed by atoms with Gasteiger partial charge in [0.15, 0.2) is 0 Å². The van der Waals surface area contributed by atoms with Crippen molar-refractivity contribution in [3.8, 4) is 33.4 Å². The molecule has 0 fully saturated rings. The van der Waals surface area contributed by atoms with Gasteiger partial charge in [-0.05, 0) is 79.8 Å². The highest BCUT2D eigenvalue weighted by Crippen LogP contribution is 2.52. The second-order valence-corrected chi connectivity index (χ2v) is 10.5. The molecule has 0 saturated carbocycles. The Bertz CT molecular complexity index is 1400. The maximum absolute atomic E-state index is 2.49. The number of fused-ring (bicyclic) bond motifs is 6. The van der Waals surface area contributed by atoms with Crippen LogP contribution in [0.3, 0.4) is 0 Å². The van der Waals surface area contributed by atoms with E-state index in [1.165, 1.54) is 61.2 Å². The molecule has 0 amide bonds. The third-order valence-electron chi connectivity index (χ3n) is 8.08. The highest BCUT2D eigenvalue weighted by atomic mass is 14.4. The van der Waals surface area contributed by atoms with Gasteiger partial charge in [-0.3, -0.25) is 0 Å². The second-order valence-electron chi connectivity index (χ2n) is 10.5. The highest BCUT2D eigenvalue weighted by molar-refractivity contribution is 5.87. The van der Waals surface area contributed by atoms with E-state index in [2.05, 4.69) is 113 Å². The summed E-state index contributed by atoms with van der Waals surface area (Å²) >= 11 is 0. The zero-order valence-electron chi connectivity index (χ0n) is 19.7. The molecule has 0 aromatic heterocycles. The summed E-state index contributed by atoms with van der Waals surface area (Å²) in [6.45, 7) is 11.8. The van der Waals surface area contributed by atoms with Crippen LogP contribution in [-0.4, -0.2) is 0 Å². The molecule has 0 radical (unpaired) electrons. The van der Waals surface area contributed by atoms with E-state index in [-0.39, 0.29) is 10.8 Å². The number of hydrogen-bond acceptors (Lipinski definition) is 0. The Balaban J connectivity index is 1.56. The predicted octanol–water partition coefficient (Wildman–Crippen LogP) is 8.53. The zero-order chi connectivity index (χ0) is 22.3. The summed E-state index contributed by atoms with van der Waals surface area (Å²) in [5, 5.41) is 0. The van der Waals surface area contributed by atoms with E-state index in [4.69, 9.17) is 0 Å². The van der Waals surface area contributed by atoms with Crippen molar-refractivity contribution in [2.75, 3.05) is 0 Å². The molecular formula is C32H30. The van der Waals surface area contributed by atoms with Crippen molar-refractivity contribution >= 4 is 0 Å². The Morgan fingerprint density at radius 2 is 1.03 bits per heavy atom. The molecule has 32 heavy (non-hydrogen) atoms. The quantitative estimate of drug-likeness (QED) is 0.308. The summed E-state index contributed by atoms with van der Waals surface area (Å²) in [5.41, 5.74) is 15.6. The van der Waals surface area contributed by atoms with Crippen LogP contribution in [0.2, 0.25) is 0 Å². The fourth-order valence-electron chi connectivity index (χ4n) is 6.23. The predicted molar refractivity (Wildman–Crippen MR) is 136 cm³/mol. The lowest BCUT2D eigenvalue weighted by Crippen LogP contribution is -2.15. The Hall–Kier alpha value is -3.12. The minimum atomic E-state index is 0.0270. The Morgan fingerprint density at radius 1 is 0.500 bits per heavy atom. The van der Waals surface area contributed by atoms with Crippen LogP contribution in [0.5, 0.6) is 0 Å². The van der Waals surface area contributed by atoms with Gasteiger partial charge in [0.25, 0.3) is 0 Å². The lowest BCUT2D eigenvalue weighted by atomic mass is 9.79. The summed E-state index contributed by atoms with van der Waals surface area (Å²) in [4.78, 5) is 0. The Kier molecular flexibility index (Phi) is 3.94. The summed E-state index contributed by atoms with van der Waals surface area (Å²) < 4.78 is 0. The van der Waals surface area contributed by atoms with Crippen LogP contribution in [0.25, 0.3) is 33.4 Å². The summed E-state index contributed by atoms with van der Waals surface area (Å²) in [7, 11) is 0. The average molecular weight is 415 g/mol. The Labute approximate surface area is 192 Å². The van der Waals surface area contributed by atoms with Crippen LogP contribution >= 0.6 is 0 Å². The molecule has 0 bridgehead atoms. The van der Waals surface area contributed by atoms with Crippen LogP contribution in [-0.2, 0) is 17.3 Å². The average Bonchev–Trinajstić information content (AvgIpc) is 3.18. The van der Waals surface area contributed by atoms with Crippen molar-refractivity contribution in [1.82, 2.24) is 0 Å². The van der Waals surface area contributed by atoms with Crippen LogP contribution < -0.4 is 0 Å². The van der Waals surface area contributed by atoms with Gasteiger partial charge in [0.05, 0.1) is 0 Å². The largest absolute Gasteiger partial charge is 0.0619 e. The lowest BCUT2D eigenvalue weighted by molar-refractivity contribution is 0.659. The van der Waals surface area contributed by atoms with Crippen molar-refractivity contribution in [1.29, 1.82) is 0 Å². The van der Waals surface area contributed by atoms with Crippen LogP contribution in [0.15, 0.2) is 78.9 Å². The molecule has 2 aliphatic carbocycles. The van der Waals surface area contributed by atoms with Gasteiger partial charge in [0, 0.05) is 10.8 Å².